The van der Waals surface area contributed by atoms with Crippen molar-refractivity contribution in [3.8, 4) is 17.0 Å². The molecule has 0 bridgehead atoms. The number of aromatic nitrogens is 2. The first-order valence-electron chi connectivity index (χ1n) is 5.72. The zero-order valence-corrected chi connectivity index (χ0v) is 11.0. The molecule has 0 aliphatic rings. The molecule has 19 heavy (non-hydrogen) atoms. The molecule has 2 aromatic rings. The van der Waals surface area contributed by atoms with Crippen molar-refractivity contribution in [2.45, 2.75) is 6.92 Å². The first-order chi connectivity index (χ1) is 9.15. The van der Waals surface area contributed by atoms with Crippen LogP contribution in [0.15, 0.2) is 30.5 Å². The molecule has 0 saturated heterocycles. The van der Waals surface area contributed by atoms with Gasteiger partial charge in [-0.3, -0.25) is 0 Å². The summed E-state index contributed by atoms with van der Waals surface area (Å²) < 4.78 is 9.92. The second-order valence-electron chi connectivity index (χ2n) is 3.96. The maximum absolute atomic E-state index is 11.4. The van der Waals surface area contributed by atoms with E-state index in [1.54, 1.807) is 13.2 Å². The molecule has 0 aliphatic carbocycles. The number of carbonyl (C=O) groups is 1. The molecule has 5 heteroatoms. The normalized spacial score (nSPS) is 10.1. The van der Waals surface area contributed by atoms with Crippen molar-refractivity contribution in [3.05, 3.63) is 41.9 Å². The molecule has 0 atom stereocenters. The van der Waals surface area contributed by atoms with Gasteiger partial charge < -0.3 is 9.47 Å². The Labute approximate surface area is 111 Å². The number of aryl methyl sites for hydroxylation is 1. The summed E-state index contributed by atoms with van der Waals surface area (Å²) in [7, 11) is 2.89. The van der Waals surface area contributed by atoms with Crippen LogP contribution in [0.25, 0.3) is 11.3 Å². The molecular formula is C14H14N2O3. The van der Waals surface area contributed by atoms with E-state index in [9.17, 15) is 4.79 Å². The van der Waals surface area contributed by atoms with E-state index >= 15 is 0 Å². The second kappa shape index (κ2) is 5.48. The van der Waals surface area contributed by atoms with Gasteiger partial charge in [0, 0.05) is 11.8 Å². The van der Waals surface area contributed by atoms with Gasteiger partial charge in [0.25, 0.3) is 0 Å². The van der Waals surface area contributed by atoms with Gasteiger partial charge in [-0.15, -0.1) is 0 Å². The predicted molar refractivity (Wildman–Crippen MR) is 70.1 cm³/mol. The molecule has 5 nitrogen and oxygen atoms in total. The van der Waals surface area contributed by atoms with Crippen LogP contribution in [-0.4, -0.2) is 30.2 Å². The zero-order chi connectivity index (χ0) is 13.8. The third kappa shape index (κ3) is 2.70. The summed E-state index contributed by atoms with van der Waals surface area (Å²) >= 11 is 0. The van der Waals surface area contributed by atoms with E-state index in [4.69, 9.17) is 4.74 Å². The maximum atomic E-state index is 11.4. The van der Waals surface area contributed by atoms with Crippen LogP contribution >= 0.6 is 0 Å². The average molecular weight is 258 g/mol. The van der Waals surface area contributed by atoms with Gasteiger partial charge >= 0.3 is 5.97 Å². The summed E-state index contributed by atoms with van der Waals surface area (Å²) in [5.41, 5.74) is 2.51. The molecule has 0 fully saturated rings. The van der Waals surface area contributed by atoms with Crippen LogP contribution in [-0.2, 0) is 4.74 Å². The van der Waals surface area contributed by atoms with E-state index < -0.39 is 5.97 Å². The first kappa shape index (κ1) is 13.0. The molecule has 98 valence electrons. The SMILES string of the molecule is COC(=O)c1nccc(-c2cc(C)ccc2OC)n1. The number of benzene rings is 1. The van der Waals surface area contributed by atoms with Crippen LogP contribution < -0.4 is 4.74 Å². The van der Waals surface area contributed by atoms with Gasteiger partial charge in [-0.05, 0) is 25.1 Å². The lowest BCUT2D eigenvalue weighted by molar-refractivity contribution is 0.0587. The molecule has 1 heterocycles. The Hall–Kier alpha value is -2.43. The van der Waals surface area contributed by atoms with Crippen LogP contribution in [0.5, 0.6) is 5.75 Å². The van der Waals surface area contributed by atoms with Gasteiger partial charge in [-0.1, -0.05) is 11.6 Å². The number of ether oxygens (including phenoxy) is 2. The van der Waals surface area contributed by atoms with Crippen LogP contribution in [0.2, 0.25) is 0 Å². The number of esters is 1. The Morgan fingerprint density at radius 3 is 2.68 bits per heavy atom. The van der Waals surface area contributed by atoms with Crippen LogP contribution in [0, 0.1) is 6.92 Å². The maximum Gasteiger partial charge on any atom is 0.376 e. The topological polar surface area (TPSA) is 61.3 Å². The molecular weight excluding hydrogens is 244 g/mol. The van der Waals surface area contributed by atoms with E-state index in [-0.39, 0.29) is 5.82 Å². The predicted octanol–water partition coefficient (Wildman–Crippen LogP) is 2.25. The Morgan fingerprint density at radius 2 is 2.00 bits per heavy atom. The molecule has 1 aromatic heterocycles. The number of carbonyl (C=O) groups excluding carboxylic acids is 1. The Morgan fingerprint density at radius 1 is 1.21 bits per heavy atom. The highest BCUT2D eigenvalue weighted by Crippen LogP contribution is 2.29. The molecule has 0 spiro atoms. The summed E-state index contributed by atoms with van der Waals surface area (Å²) in [5.74, 6) is 0.164. The number of hydrogen-bond donors (Lipinski definition) is 0. The molecule has 0 saturated carbocycles. The van der Waals surface area contributed by atoms with E-state index in [2.05, 4.69) is 14.7 Å². The number of methoxy groups -OCH3 is 2. The number of nitrogens with zero attached hydrogens (tertiary/aromatic N) is 2. The minimum absolute atomic E-state index is 0.0311. The highest BCUT2D eigenvalue weighted by Gasteiger charge is 2.13. The van der Waals surface area contributed by atoms with E-state index in [1.807, 2.05) is 25.1 Å². The molecule has 0 radical (unpaired) electrons. The highest BCUT2D eigenvalue weighted by atomic mass is 16.5. The minimum Gasteiger partial charge on any atom is -0.496 e. The van der Waals surface area contributed by atoms with Gasteiger partial charge in [-0.2, -0.15) is 0 Å². The van der Waals surface area contributed by atoms with Crippen molar-refractivity contribution in [1.82, 2.24) is 9.97 Å². The van der Waals surface area contributed by atoms with Crippen molar-refractivity contribution in [1.29, 1.82) is 0 Å². The van der Waals surface area contributed by atoms with Crippen molar-refractivity contribution < 1.29 is 14.3 Å². The summed E-state index contributed by atoms with van der Waals surface area (Å²) in [6, 6.07) is 7.49. The third-order valence-corrected chi connectivity index (χ3v) is 2.65. The van der Waals surface area contributed by atoms with Crippen molar-refractivity contribution in [2.24, 2.45) is 0 Å². The van der Waals surface area contributed by atoms with Gasteiger partial charge in [0.1, 0.15) is 5.75 Å². The van der Waals surface area contributed by atoms with Crippen LogP contribution in [0.4, 0.5) is 0 Å². The second-order valence-corrected chi connectivity index (χ2v) is 3.96. The molecule has 0 aliphatic heterocycles. The highest BCUT2D eigenvalue weighted by molar-refractivity contribution is 5.85. The molecule has 1 aromatic carbocycles. The van der Waals surface area contributed by atoms with Gasteiger partial charge in [0.15, 0.2) is 0 Å². The fourth-order valence-corrected chi connectivity index (χ4v) is 1.72. The van der Waals surface area contributed by atoms with Gasteiger partial charge in [0.2, 0.25) is 5.82 Å². The van der Waals surface area contributed by atoms with Crippen molar-refractivity contribution in [3.63, 3.8) is 0 Å². The molecule has 0 N–H and O–H groups in total. The number of hydrogen-bond acceptors (Lipinski definition) is 5. The first-order valence-corrected chi connectivity index (χ1v) is 5.72. The zero-order valence-electron chi connectivity index (χ0n) is 11.0. The number of rotatable bonds is 3. The summed E-state index contributed by atoms with van der Waals surface area (Å²) in [5, 5.41) is 0. The molecule has 0 amide bonds. The summed E-state index contributed by atoms with van der Waals surface area (Å²) in [6.45, 7) is 1.98. The third-order valence-electron chi connectivity index (χ3n) is 2.65. The largest absolute Gasteiger partial charge is 0.496 e. The Balaban J connectivity index is 2.52. The van der Waals surface area contributed by atoms with Gasteiger partial charge in [-0.25, -0.2) is 14.8 Å². The lowest BCUT2D eigenvalue weighted by Crippen LogP contribution is -2.07. The van der Waals surface area contributed by atoms with Crippen molar-refractivity contribution >= 4 is 5.97 Å². The van der Waals surface area contributed by atoms with E-state index in [1.165, 1.54) is 13.3 Å². The quantitative estimate of drug-likeness (QED) is 0.790. The van der Waals surface area contributed by atoms with E-state index in [0.717, 1.165) is 11.1 Å². The monoisotopic (exact) mass is 258 g/mol. The lowest BCUT2D eigenvalue weighted by Gasteiger charge is -2.09. The lowest BCUT2D eigenvalue weighted by atomic mass is 10.1. The average Bonchev–Trinajstić information content (AvgIpc) is 2.46. The van der Waals surface area contributed by atoms with Gasteiger partial charge in [0.05, 0.1) is 19.9 Å². The molecule has 2 rings (SSSR count). The fourth-order valence-electron chi connectivity index (χ4n) is 1.72. The summed E-state index contributed by atoms with van der Waals surface area (Å²) in [4.78, 5) is 19.5. The van der Waals surface area contributed by atoms with Crippen LogP contribution in [0.3, 0.4) is 0 Å². The standard InChI is InChI=1S/C14H14N2O3/c1-9-4-5-12(18-2)10(8-9)11-6-7-15-13(16-11)14(17)19-3/h4-8H,1-3H3. The smallest absolute Gasteiger partial charge is 0.376 e. The molecule has 0 unspecified atom stereocenters. The van der Waals surface area contributed by atoms with Crippen molar-refractivity contribution in [2.75, 3.05) is 14.2 Å². The summed E-state index contributed by atoms with van der Waals surface area (Å²) in [6.07, 6.45) is 1.52. The Kier molecular flexibility index (Phi) is 3.75. The fraction of sp³-hybridized carbons (Fsp3) is 0.214. The minimum atomic E-state index is -0.562. The van der Waals surface area contributed by atoms with Crippen LogP contribution in [0.1, 0.15) is 16.2 Å². The van der Waals surface area contributed by atoms with E-state index in [0.29, 0.717) is 11.4 Å². The Bertz CT molecular complexity index is 611.